The predicted octanol–water partition coefficient (Wildman–Crippen LogP) is 3.90. The van der Waals surface area contributed by atoms with E-state index in [-0.39, 0.29) is 5.82 Å². The van der Waals surface area contributed by atoms with Crippen LogP contribution in [-0.4, -0.2) is 27.3 Å². The number of nitrogens with zero attached hydrogens (tertiary/aromatic N) is 3. The van der Waals surface area contributed by atoms with E-state index in [0.717, 1.165) is 22.4 Å². The zero-order valence-corrected chi connectivity index (χ0v) is 14.6. The topological polar surface area (TPSA) is 64.2 Å². The quantitative estimate of drug-likeness (QED) is 0.743. The van der Waals surface area contributed by atoms with E-state index >= 15 is 0 Å². The number of primary amides is 1. The Labute approximate surface area is 154 Å². The molecule has 2 aromatic carbocycles. The molecule has 1 aromatic heterocycles. The van der Waals surface area contributed by atoms with Crippen molar-refractivity contribution in [2.45, 2.75) is 13.1 Å². The molecule has 0 radical (unpaired) electrons. The van der Waals surface area contributed by atoms with Gasteiger partial charge in [-0.2, -0.15) is 5.10 Å². The number of urea groups is 1. The summed E-state index contributed by atoms with van der Waals surface area (Å²) in [4.78, 5) is 13.1. The molecule has 0 unspecified atom stereocenters. The van der Waals surface area contributed by atoms with Crippen molar-refractivity contribution in [1.82, 2.24) is 14.7 Å². The molecule has 0 saturated heterocycles. The van der Waals surface area contributed by atoms with E-state index in [2.05, 4.69) is 5.10 Å². The van der Waals surface area contributed by atoms with E-state index in [0.29, 0.717) is 30.2 Å². The third-order valence-electron chi connectivity index (χ3n) is 4.62. The van der Waals surface area contributed by atoms with E-state index in [1.54, 1.807) is 47.5 Å². The monoisotopic (exact) mass is 370 g/mol. The number of carbonyl (C=O) groups excluding carboxylic acids is 1. The minimum atomic E-state index is -0.454. The number of nitrogens with two attached hydrogens (primary N) is 1. The highest BCUT2D eigenvalue weighted by Gasteiger charge is 2.23. The fraction of sp³-hybridized carbons (Fsp3) is 0.158. The van der Waals surface area contributed by atoms with Crippen molar-refractivity contribution < 1.29 is 9.18 Å². The van der Waals surface area contributed by atoms with Crippen molar-refractivity contribution in [1.29, 1.82) is 0 Å². The zero-order valence-electron chi connectivity index (χ0n) is 13.8. The summed E-state index contributed by atoms with van der Waals surface area (Å²) < 4.78 is 16.2. The zero-order chi connectivity index (χ0) is 18.3. The van der Waals surface area contributed by atoms with Crippen molar-refractivity contribution in [3.63, 3.8) is 0 Å². The molecule has 2 heterocycles. The van der Waals surface area contributed by atoms with Gasteiger partial charge in [0.2, 0.25) is 0 Å². The van der Waals surface area contributed by atoms with Crippen LogP contribution in [-0.2, 0) is 13.1 Å². The number of carbonyl (C=O) groups is 1. The fourth-order valence-corrected chi connectivity index (χ4v) is 3.34. The smallest absolute Gasteiger partial charge is 0.315 e. The van der Waals surface area contributed by atoms with Crippen molar-refractivity contribution in [2.24, 2.45) is 5.73 Å². The van der Waals surface area contributed by atoms with Crippen LogP contribution in [0.3, 0.4) is 0 Å². The third-order valence-corrected chi connectivity index (χ3v) is 4.87. The summed E-state index contributed by atoms with van der Waals surface area (Å²) in [7, 11) is 0. The van der Waals surface area contributed by atoms with E-state index in [4.69, 9.17) is 17.3 Å². The molecule has 3 aromatic rings. The molecule has 1 aliphatic rings. The first-order valence-electron chi connectivity index (χ1n) is 8.18. The number of fused-ring (bicyclic) bond motifs is 1. The normalized spacial score (nSPS) is 13.5. The highest BCUT2D eigenvalue weighted by molar-refractivity contribution is 6.30. The van der Waals surface area contributed by atoms with Gasteiger partial charge in [-0.25, -0.2) is 9.18 Å². The molecule has 0 spiro atoms. The average molecular weight is 371 g/mol. The molecule has 0 aliphatic carbocycles. The molecule has 0 fully saturated rings. The maximum Gasteiger partial charge on any atom is 0.315 e. The summed E-state index contributed by atoms with van der Waals surface area (Å²) in [5.74, 6) is -0.309. The Morgan fingerprint density at radius 2 is 1.81 bits per heavy atom. The van der Waals surface area contributed by atoms with Crippen LogP contribution in [0.2, 0.25) is 5.02 Å². The molecule has 0 atom stereocenters. The van der Waals surface area contributed by atoms with Gasteiger partial charge in [-0.05, 0) is 35.4 Å². The molecule has 7 heteroatoms. The van der Waals surface area contributed by atoms with Gasteiger partial charge in [0.15, 0.2) is 0 Å². The molecule has 0 bridgehead atoms. The van der Waals surface area contributed by atoms with Gasteiger partial charge in [-0.1, -0.05) is 29.8 Å². The van der Waals surface area contributed by atoms with Gasteiger partial charge in [0.25, 0.3) is 0 Å². The highest BCUT2D eigenvalue weighted by Crippen LogP contribution is 2.32. The second-order valence-electron chi connectivity index (χ2n) is 6.19. The number of hydrogen-bond acceptors (Lipinski definition) is 2. The summed E-state index contributed by atoms with van der Waals surface area (Å²) >= 11 is 5.92. The van der Waals surface area contributed by atoms with Crippen LogP contribution in [0.1, 0.15) is 5.69 Å². The number of amides is 2. The summed E-state index contributed by atoms with van der Waals surface area (Å²) in [5, 5.41) is 4.99. The molecule has 2 amide bonds. The Morgan fingerprint density at radius 3 is 2.54 bits per heavy atom. The first kappa shape index (κ1) is 16.6. The van der Waals surface area contributed by atoms with Gasteiger partial charge in [0.05, 0.1) is 25.0 Å². The third kappa shape index (κ3) is 2.93. The van der Waals surface area contributed by atoms with E-state index < -0.39 is 6.03 Å². The predicted molar refractivity (Wildman–Crippen MR) is 98.1 cm³/mol. The molecule has 0 saturated carbocycles. The second-order valence-corrected chi connectivity index (χ2v) is 6.63. The van der Waals surface area contributed by atoms with Crippen LogP contribution in [0.15, 0.2) is 48.7 Å². The molecule has 26 heavy (non-hydrogen) atoms. The van der Waals surface area contributed by atoms with Crippen LogP contribution in [0, 0.1) is 5.82 Å². The highest BCUT2D eigenvalue weighted by atomic mass is 35.5. The van der Waals surface area contributed by atoms with Crippen LogP contribution in [0.25, 0.3) is 22.3 Å². The Kier molecular flexibility index (Phi) is 4.12. The Morgan fingerprint density at radius 1 is 1.08 bits per heavy atom. The first-order chi connectivity index (χ1) is 12.5. The van der Waals surface area contributed by atoms with Gasteiger partial charge in [0.1, 0.15) is 5.82 Å². The molecule has 5 nitrogen and oxygen atoms in total. The van der Waals surface area contributed by atoms with E-state index in [1.165, 1.54) is 6.07 Å². The molecule has 2 N–H and O–H groups in total. The van der Waals surface area contributed by atoms with Crippen LogP contribution >= 0.6 is 11.6 Å². The standard InChI is InChI=1S/C19H16ClFN4O/c20-14-4-1-12(2-5-14)15-9-13(3-6-17(15)21)16-10-23-25-8-7-24(19(22)26)11-18(16)25/h1-6,9-10H,7-8,11H2,(H2,22,26). The maximum atomic E-state index is 14.4. The van der Waals surface area contributed by atoms with Crippen molar-refractivity contribution in [3.8, 4) is 22.3 Å². The summed E-state index contributed by atoms with van der Waals surface area (Å²) in [6, 6.07) is 11.5. The van der Waals surface area contributed by atoms with Gasteiger partial charge in [0, 0.05) is 22.7 Å². The van der Waals surface area contributed by atoms with Crippen LogP contribution in [0.5, 0.6) is 0 Å². The van der Waals surface area contributed by atoms with E-state index in [1.807, 2.05) is 4.68 Å². The maximum absolute atomic E-state index is 14.4. The van der Waals surface area contributed by atoms with Gasteiger partial charge in [-0.15, -0.1) is 0 Å². The van der Waals surface area contributed by atoms with Gasteiger partial charge in [-0.3, -0.25) is 4.68 Å². The average Bonchev–Trinajstić information content (AvgIpc) is 3.06. The lowest BCUT2D eigenvalue weighted by Gasteiger charge is -2.26. The second kappa shape index (κ2) is 6.46. The number of hydrogen-bond donors (Lipinski definition) is 1. The lowest BCUT2D eigenvalue weighted by Crippen LogP contribution is -2.41. The lowest BCUT2D eigenvalue weighted by atomic mass is 9.98. The fourth-order valence-electron chi connectivity index (χ4n) is 3.22. The number of aromatic nitrogens is 2. The molecule has 132 valence electrons. The van der Waals surface area contributed by atoms with Crippen molar-refractivity contribution in [3.05, 3.63) is 65.2 Å². The first-order valence-corrected chi connectivity index (χ1v) is 8.55. The largest absolute Gasteiger partial charge is 0.351 e. The minimum Gasteiger partial charge on any atom is -0.351 e. The summed E-state index contributed by atoms with van der Waals surface area (Å²) in [6.45, 7) is 1.50. The van der Waals surface area contributed by atoms with Crippen molar-refractivity contribution in [2.75, 3.05) is 6.54 Å². The van der Waals surface area contributed by atoms with Crippen LogP contribution in [0.4, 0.5) is 9.18 Å². The lowest BCUT2D eigenvalue weighted by molar-refractivity contribution is 0.190. The minimum absolute atomic E-state index is 0.309. The molecular formula is C19H16ClFN4O. The van der Waals surface area contributed by atoms with Crippen molar-refractivity contribution >= 4 is 17.6 Å². The van der Waals surface area contributed by atoms with Gasteiger partial charge < -0.3 is 10.6 Å². The molecular weight excluding hydrogens is 355 g/mol. The molecule has 4 rings (SSSR count). The Balaban J connectivity index is 1.76. The summed E-state index contributed by atoms with van der Waals surface area (Å²) in [6.07, 6.45) is 1.75. The Hall–Kier alpha value is -2.86. The number of rotatable bonds is 2. The number of halogens is 2. The Bertz CT molecular complexity index is 984. The number of benzene rings is 2. The van der Waals surface area contributed by atoms with Gasteiger partial charge >= 0.3 is 6.03 Å². The SMILES string of the molecule is NC(=O)N1CCn2ncc(-c3ccc(F)c(-c4ccc(Cl)cc4)c3)c2C1. The molecule has 1 aliphatic heterocycles. The van der Waals surface area contributed by atoms with E-state index in [9.17, 15) is 9.18 Å². The van der Waals surface area contributed by atoms with Crippen LogP contribution < -0.4 is 5.73 Å². The summed E-state index contributed by atoms with van der Waals surface area (Å²) in [5.41, 5.74) is 9.24.